The first-order chi connectivity index (χ1) is 10.0. The van der Waals surface area contributed by atoms with E-state index in [2.05, 4.69) is 5.10 Å². The van der Waals surface area contributed by atoms with Gasteiger partial charge >= 0.3 is 5.97 Å². The van der Waals surface area contributed by atoms with E-state index in [1.807, 2.05) is 6.92 Å². The number of carbonyl (C=O) groups is 2. The fraction of sp³-hybridized carbons (Fsp3) is 0.538. The minimum atomic E-state index is -1.02. The summed E-state index contributed by atoms with van der Waals surface area (Å²) in [5.41, 5.74) is -0.148. The Balaban J connectivity index is 2.23. The number of carbonyl (C=O) groups excluding carboxylic acids is 1. The first-order valence-corrected chi connectivity index (χ1v) is 7.89. The number of amides is 1. The maximum Gasteiger partial charge on any atom is 0.327 e. The SMILES string of the molecule is CCCCn1nc(C(=O)N2CSCC2C(=O)O)ccc1=O. The molecule has 1 amide bonds. The van der Waals surface area contributed by atoms with Crippen molar-refractivity contribution >= 4 is 23.6 Å². The quantitative estimate of drug-likeness (QED) is 0.858. The van der Waals surface area contributed by atoms with Crippen LogP contribution in [0.25, 0.3) is 0 Å². The van der Waals surface area contributed by atoms with Crippen LogP contribution in [0.5, 0.6) is 0 Å². The molecule has 2 heterocycles. The second-order valence-corrected chi connectivity index (χ2v) is 5.76. The minimum Gasteiger partial charge on any atom is -0.480 e. The third-order valence-electron chi connectivity index (χ3n) is 3.24. The summed E-state index contributed by atoms with van der Waals surface area (Å²) in [6.45, 7) is 2.45. The zero-order valence-electron chi connectivity index (χ0n) is 11.7. The molecule has 1 unspecified atom stereocenters. The zero-order chi connectivity index (χ0) is 15.4. The van der Waals surface area contributed by atoms with Crippen LogP contribution in [-0.2, 0) is 11.3 Å². The summed E-state index contributed by atoms with van der Waals surface area (Å²) in [6, 6.07) is 1.82. The lowest BCUT2D eigenvalue weighted by Crippen LogP contribution is -2.42. The summed E-state index contributed by atoms with van der Waals surface area (Å²) in [5.74, 6) is -0.771. The van der Waals surface area contributed by atoms with Crippen LogP contribution in [-0.4, -0.2) is 49.3 Å². The lowest BCUT2D eigenvalue weighted by molar-refractivity contribution is -0.140. The third kappa shape index (κ3) is 3.44. The Kier molecular flexibility index (Phi) is 5.00. The van der Waals surface area contributed by atoms with Crippen LogP contribution in [0, 0.1) is 0 Å². The number of rotatable bonds is 5. The number of hydrogen-bond donors (Lipinski definition) is 1. The van der Waals surface area contributed by atoms with Crippen LogP contribution in [0.1, 0.15) is 30.3 Å². The van der Waals surface area contributed by atoms with Gasteiger partial charge in [0.2, 0.25) is 0 Å². The van der Waals surface area contributed by atoms with Gasteiger partial charge in [0.15, 0.2) is 0 Å². The Bertz CT molecular complexity index is 601. The molecule has 0 radical (unpaired) electrons. The van der Waals surface area contributed by atoms with Crippen LogP contribution in [0.2, 0.25) is 0 Å². The van der Waals surface area contributed by atoms with E-state index in [1.54, 1.807) is 0 Å². The number of unbranched alkanes of at least 4 members (excludes halogenated alkanes) is 1. The number of aryl methyl sites for hydroxylation is 1. The van der Waals surface area contributed by atoms with Crippen molar-refractivity contribution < 1.29 is 14.7 Å². The van der Waals surface area contributed by atoms with E-state index in [9.17, 15) is 14.4 Å². The molecule has 0 saturated carbocycles. The summed E-state index contributed by atoms with van der Waals surface area (Å²) >= 11 is 1.39. The van der Waals surface area contributed by atoms with Crippen molar-refractivity contribution in [2.45, 2.75) is 32.4 Å². The van der Waals surface area contributed by atoms with Gasteiger partial charge in [-0.05, 0) is 12.5 Å². The molecule has 7 nitrogen and oxygen atoms in total. The molecule has 1 aliphatic heterocycles. The van der Waals surface area contributed by atoms with Gasteiger partial charge in [-0.15, -0.1) is 11.8 Å². The lowest BCUT2D eigenvalue weighted by Gasteiger charge is -2.20. The fourth-order valence-corrected chi connectivity index (χ4v) is 3.17. The van der Waals surface area contributed by atoms with E-state index in [1.165, 1.54) is 33.5 Å². The van der Waals surface area contributed by atoms with Gasteiger partial charge in [0, 0.05) is 18.4 Å². The Morgan fingerprint density at radius 2 is 2.24 bits per heavy atom. The lowest BCUT2D eigenvalue weighted by atomic mass is 10.2. The van der Waals surface area contributed by atoms with Gasteiger partial charge in [0.05, 0.1) is 5.88 Å². The number of aromatic nitrogens is 2. The monoisotopic (exact) mass is 311 g/mol. The molecule has 114 valence electrons. The van der Waals surface area contributed by atoms with E-state index in [0.29, 0.717) is 18.2 Å². The number of carboxylic acids is 1. The van der Waals surface area contributed by atoms with E-state index in [-0.39, 0.29) is 11.3 Å². The molecule has 0 bridgehead atoms. The van der Waals surface area contributed by atoms with Gasteiger partial charge in [-0.3, -0.25) is 9.59 Å². The Morgan fingerprint density at radius 3 is 2.90 bits per heavy atom. The first kappa shape index (κ1) is 15.6. The summed E-state index contributed by atoms with van der Waals surface area (Å²) in [7, 11) is 0. The highest BCUT2D eigenvalue weighted by Gasteiger charge is 2.35. The summed E-state index contributed by atoms with van der Waals surface area (Å²) in [5, 5.41) is 13.2. The first-order valence-electron chi connectivity index (χ1n) is 6.74. The summed E-state index contributed by atoms with van der Waals surface area (Å²) < 4.78 is 1.26. The van der Waals surface area contributed by atoms with Gasteiger partial charge in [0.25, 0.3) is 11.5 Å². The van der Waals surface area contributed by atoms with Crippen molar-refractivity contribution in [1.29, 1.82) is 0 Å². The number of hydrogen-bond acceptors (Lipinski definition) is 5. The summed E-state index contributed by atoms with van der Waals surface area (Å²) in [4.78, 5) is 36.5. The molecule has 0 aliphatic carbocycles. The van der Waals surface area contributed by atoms with Crippen LogP contribution in [0.3, 0.4) is 0 Å². The van der Waals surface area contributed by atoms with Gasteiger partial charge in [-0.1, -0.05) is 13.3 Å². The highest BCUT2D eigenvalue weighted by atomic mass is 32.2. The third-order valence-corrected chi connectivity index (χ3v) is 4.25. The van der Waals surface area contributed by atoms with Gasteiger partial charge in [0.1, 0.15) is 11.7 Å². The molecule has 1 aromatic rings. The predicted octanol–water partition coefficient (Wildman–Crippen LogP) is 0.643. The van der Waals surface area contributed by atoms with Crippen molar-refractivity contribution in [3.63, 3.8) is 0 Å². The van der Waals surface area contributed by atoms with E-state index in [0.717, 1.165) is 12.8 Å². The predicted molar refractivity (Wildman–Crippen MR) is 78.3 cm³/mol. The van der Waals surface area contributed by atoms with E-state index in [4.69, 9.17) is 5.11 Å². The average Bonchev–Trinajstić information content (AvgIpc) is 2.95. The molecule has 1 N–H and O–H groups in total. The Hall–Kier alpha value is -1.83. The molecule has 8 heteroatoms. The molecule has 1 aliphatic rings. The number of thioether (sulfide) groups is 1. The van der Waals surface area contributed by atoms with Crippen LogP contribution in [0.4, 0.5) is 0 Å². The number of nitrogens with zero attached hydrogens (tertiary/aromatic N) is 3. The summed E-state index contributed by atoms with van der Waals surface area (Å²) in [6.07, 6.45) is 1.71. The topological polar surface area (TPSA) is 92.5 Å². The van der Waals surface area contributed by atoms with Gasteiger partial charge in [-0.2, -0.15) is 5.10 Å². The standard InChI is InChI=1S/C13H17N3O4S/c1-2-3-6-16-11(17)5-4-9(14-16)12(18)15-8-21-7-10(15)13(19)20/h4-5,10H,2-3,6-8H2,1H3,(H,19,20). The normalized spacial score (nSPS) is 18.0. The fourth-order valence-electron chi connectivity index (χ4n) is 2.03. The smallest absolute Gasteiger partial charge is 0.327 e. The molecule has 21 heavy (non-hydrogen) atoms. The van der Waals surface area contributed by atoms with Gasteiger partial charge in [-0.25, -0.2) is 9.48 Å². The largest absolute Gasteiger partial charge is 0.480 e. The van der Waals surface area contributed by atoms with Crippen molar-refractivity contribution in [3.8, 4) is 0 Å². The van der Waals surface area contributed by atoms with Crippen molar-refractivity contribution in [3.05, 3.63) is 28.2 Å². The molecule has 1 fully saturated rings. The molecule has 0 spiro atoms. The molecule has 1 aromatic heterocycles. The number of carboxylic acid groups (broad SMARTS) is 1. The molecule has 1 saturated heterocycles. The van der Waals surface area contributed by atoms with Crippen LogP contribution >= 0.6 is 11.8 Å². The van der Waals surface area contributed by atoms with Gasteiger partial charge < -0.3 is 10.0 Å². The van der Waals surface area contributed by atoms with Crippen molar-refractivity contribution in [2.75, 3.05) is 11.6 Å². The van der Waals surface area contributed by atoms with Crippen molar-refractivity contribution in [2.24, 2.45) is 0 Å². The van der Waals surface area contributed by atoms with E-state index < -0.39 is 17.9 Å². The van der Waals surface area contributed by atoms with Crippen LogP contribution < -0.4 is 5.56 Å². The molecule has 1 atom stereocenters. The average molecular weight is 311 g/mol. The Labute approximate surface area is 125 Å². The maximum absolute atomic E-state index is 12.4. The minimum absolute atomic E-state index is 0.111. The molecular formula is C13H17N3O4S. The second kappa shape index (κ2) is 6.75. The molecule has 0 aromatic carbocycles. The second-order valence-electron chi connectivity index (χ2n) is 4.76. The van der Waals surface area contributed by atoms with E-state index >= 15 is 0 Å². The maximum atomic E-state index is 12.4. The Morgan fingerprint density at radius 1 is 1.48 bits per heavy atom. The number of aliphatic carboxylic acids is 1. The molecule has 2 rings (SSSR count). The van der Waals surface area contributed by atoms with Crippen molar-refractivity contribution in [1.82, 2.24) is 14.7 Å². The highest BCUT2D eigenvalue weighted by Crippen LogP contribution is 2.22. The highest BCUT2D eigenvalue weighted by molar-refractivity contribution is 7.99. The zero-order valence-corrected chi connectivity index (χ0v) is 12.5. The molecular weight excluding hydrogens is 294 g/mol. The van der Waals surface area contributed by atoms with Crippen LogP contribution in [0.15, 0.2) is 16.9 Å².